The summed E-state index contributed by atoms with van der Waals surface area (Å²) in [6.07, 6.45) is 1.31. The summed E-state index contributed by atoms with van der Waals surface area (Å²) in [5.41, 5.74) is 12.2. The summed E-state index contributed by atoms with van der Waals surface area (Å²) in [4.78, 5) is 15.7. The van der Waals surface area contributed by atoms with Crippen LogP contribution >= 0.6 is 0 Å². The number of hydrogen-bond acceptors (Lipinski definition) is 4. The zero-order valence-corrected chi connectivity index (χ0v) is 11.6. The quantitative estimate of drug-likeness (QED) is 0.431. The topological polar surface area (TPSA) is 130 Å². The van der Waals surface area contributed by atoms with Crippen molar-refractivity contribution in [3.63, 3.8) is 0 Å². The lowest BCUT2D eigenvalue weighted by molar-refractivity contribution is 0.251. The Morgan fingerprint density at radius 2 is 2.14 bits per heavy atom. The molecule has 2 aromatic rings. The summed E-state index contributed by atoms with van der Waals surface area (Å²) in [6.45, 7) is 0.171. The standard InChI is InChI=1S/C14H15FN6O/c15-9-3-1-2-8(4-9)6-20-14(22)21-12-5-11(16)10(7-19-12)13(17)18/h1-5,7H,6H2,(H3,17,18)(H4,16,19,20,21,22). The number of benzene rings is 1. The Hall–Kier alpha value is -3.16. The van der Waals surface area contributed by atoms with E-state index in [0.717, 1.165) is 0 Å². The minimum atomic E-state index is -0.508. The molecule has 1 aromatic carbocycles. The molecular formula is C14H15FN6O. The number of halogens is 1. The average Bonchev–Trinajstić information content (AvgIpc) is 2.45. The third-order valence-electron chi connectivity index (χ3n) is 2.81. The maximum absolute atomic E-state index is 13.0. The Morgan fingerprint density at radius 3 is 2.77 bits per heavy atom. The Bertz CT molecular complexity index is 718. The molecule has 0 saturated carbocycles. The highest BCUT2D eigenvalue weighted by atomic mass is 19.1. The lowest BCUT2D eigenvalue weighted by Crippen LogP contribution is -2.28. The van der Waals surface area contributed by atoms with Crippen molar-refractivity contribution < 1.29 is 9.18 Å². The van der Waals surface area contributed by atoms with Crippen molar-refractivity contribution in [1.82, 2.24) is 10.3 Å². The summed E-state index contributed by atoms with van der Waals surface area (Å²) in [6, 6.07) is 6.81. The SMILES string of the molecule is N=C(N)c1cnc(NC(=O)NCc2cccc(F)c2)cc1N. The molecule has 7 N–H and O–H groups in total. The summed E-state index contributed by atoms with van der Waals surface area (Å²) < 4.78 is 13.0. The van der Waals surface area contributed by atoms with Crippen molar-refractivity contribution in [2.24, 2.45) is 5.73 Å². The lowest BCUT2D eigenvalue weighted by Gasteiger charge is -2.09. The number of nitrogens with zero attached hydrogens (tertiary/aromatic N) is 1. The van der Waals surface area contributed by atoms with Gasteiger partial charge in [-0.1, -0.05) is 12.1 Å². The van der Waals surface area contributed by atoms with Crippen LogP contribution in [0.5, 0.6) is 0 Å². The molecule has 0 aliphatic heterocycles. The fourth-order valence-electron chi connectivity index (χ4n) is 1.75. The van der Waals surface area contributed by atoms with Crippen LogP contribution in [0.2, 0.25) is 0 Å². The summed E-state index contributed by atoms with van der Waals surface area (Å²) in [5, 5.41) is 12.3. The molecule has 1 heterocycles. The van der Waals surface area contributed by atoms with E-state index in [4.69, 9.17) is 16.9 Å². The van der Waals surface area contributed by atoms with Gasteiger partial charge in [0.1, 0.15) is 17.5 Å². The summed E-state index contributed by atoms with van der Waals surface area (Å²) in [7, 11) is 0. The zero-order chi connectivity index (χ0) is 16.1. The van der Waals surface area contributed by atoms with Crippen molar-refractivity contribution in [3.8, 4) is 0 Å². The molecule has 0 atom stereocenters. The molecule has 0 unspecified atom stereocenters. The first-order chi connectivity index (χ1) is 10.5. The number of aromatic nitrogens is 1. The highest BCUT2D eigenvalue weighted by molar-refractivity contribution is 6.00. The molecule has 8 heteroatoms. The van der Waals surface area contributed by atoms with E-state index in [2.05, 4.69) is 15.6 Å². The van der Waals surface area contributed by atoms with Gasteiger partial charge < -0.3 is 16.8 Å². The molecular weight excluding hydrogens is 287 g/mol. The molecule has 0 fully saturated rings. The van der Waals surface area contributed by atoms with E-state index in [0.29, 0.717) is 11.1 Å². The van der Waals surface area contributed by atoms with E-state index < -0.39 is 6.03 Å². The number of nitrogens with two attached hydrogens (primary N) is 2. The van der Waals surface area contributed by atoms with E-state index in [1.165, 1.54) is 24.4 Å². The molecule has 114 valence electrons. The van der Waals surface area contributed by atoms with Crippen LogP contribution in [-0.2, 0) is 6.54 Å². The van der Waals surface area contributed by atoms with Crippen LogP contribution < -0.4 is 22.1 Å². The largest absolute Gasteiger partial charge is 0.398 e. The maximum Gasteiger partial charge on any atom is 0.320 e. The second kappa shape index (κ2) is 6.53. The van der Waals surface area contributed by atoms with Crippen molar-refractivity contribution in [1.29, 1.82) is 5.41 Å². The first-order valence-electron chi connectivity index (χ1n) is 6.35. The maximum atomic E-state index is 13.0. The first kappa shape index (κ1) is 15.2. The molecule has 0 spiro atoms. The first-order valence-corrected chi connectivity index (χ1v) is 6.35. The highest BCUT2D eigenvalue weighted by Gasteiger charge is 2.07. The summed E-state index contributed by atoms with van der Waals surface area (Å²) >= 11 is 0. The van der Waals surface area contributed by atoms with E-state index in [-0.39, 0.29) is 29.7 Å². The van der Waals surface area contributed by atoms with Gasteiger partial charge in [-0.2, -0.15) is 0 Å². The molecule has 1 aromatic heterocycles. The number of anilines is 2. The molecule has 0 saturated heterocycles. The van der Waals surface area contributed by atoms with Crippen molar-refractivity contribution in [2.45, 2.75) is 6.54 Å². The van der Waals surface area contributed by atoms with E-state index in [1.54, 1.807) is 12.1 Å². The van der Waals surface area contributed by atoms with E-state index >= 15 is 0 Å². The Morgan fingerprint density at radius 1 is 1.36 bits per heavy atom. The van der Waals surface area contributed by atoms with Gasteiger partial charge in [0.25, 0.3) is 0 Å². The molecule has 22 heavy (non-hydrogen) atoms. The monoisotopic (exact) mass is 302 g/mol. The molecule has 2 amide bonds. The second-order valence-electron chi connectivity index (χ2n) is 4.51. The number of hydrogen-bond donors (Lipinski definition) is 5. The second-order valence-corrected chi connectivity index (χ2v) is 4.51. The van der Waals surface area contributed by atoms with Gasteiger partial charge in [-0.15, -0.1) is 0 Å². The third kappa shape index (κ3) is 3.92. The van der Waals surface area contributed by atoms with Crippen LogP contribution in [0.25, 0.3) is 0 Å². The van der Waals surface area contributed by atoms with Crippen molar-refractivity contribution in [3.05, 3.63) is 53.5 Å². The predicted octanol–water partition coefficient (Wildman–Crippen LogP) is 1.41. The number of amidine groups is 1. The van der Waals surface area contributed by atoms with Crippen molar-refractivity contribution >= 4 is 23.4 Å². The number of nitrogen functional groups attached to an aromatic ring is 2. The van der Waals surface area contributed by atoms with Crippen LogP contribution in [0.3, 0.4) is 0 Å². The molecule has 0 bridgehead atoms. The Balaban J connectivity index is 1.95. The van der Waals surface area contributed by atoms with Crippen LogP contribution in [-0.4, -0.2) is 16.9 Å². The Kier molecular flexibility index (Phi) is 4.52. The lowest BCUT2D eigenvalue weighted by atomic mass is 10.2. The van der Waals surface area contributed by atoms with E-state index in [9.17, 15) is 9.18 Å². The predicted molar refractivity (Wildman–Crippen MR) is 81.9 cm³/mol. The molecule has 0 aliphatic rings. The number of carbonyl (C=O) groups excluding carboxylic acids is 1. The fourth-order valence-corrected chi connectivity index (χ4v) is 1.75. The number of amides is 2. The minimum absolute atomic E-state index is 0.171. The van der Waals surface area contributed by atoms with E-state index in [1.807, 2.05) is 0 Å². The molecule has 2 rings (SSSR count). The van der Waals surface area contributed by atoms with Crippen molar-refractivity contribution in [2.75, 3.05) is 11.1 Å². The third-order valence-corrected chi connectivity index (χ3v) is 2.81. The zero-order valence-electron chi connectivity index (χ0n) is 11.6. The Labute approximate surface area is 126 Å². The highest BCUT2D eigenvalue weighted by Crippen LogP contribution is 2.14. The smallest absolute Gasteiger partial charge is 0.320 e. The number of urea groups is 1. The van der Waals surface area contributed by atoms with Gasteiger partial charge in [-0.3, -0.25) is 10.7 Å². The van der Waals surface area contributed by atoms with Gasteiger partial charge in [-0.25, -0.2) is 14.2 Å². The van der Waals surface area contributed by atoms with Gasteiger partial charge in [0, 0.05) is 24.5 Å². The molecule has 7 nitrogen and oxygen atoms in total. The fraction of sp³-hybridized carbons (Fsp3) is 0.0714. The van der Waals surface area contributed by atoms with Gasteiger partial charge in [0.15, 0.2) is 0 Å². The minimum Gasteiger partial charge on any atom is -0.398 e. The van der Waals surface area contributed by atoms with Gasteiger partial charge in [0.2, 0.25) is 0 Å². The average molecular weight is 302 g/mol. The number of carbonyl (C=O) groups is 1. The number of nitrogens with one attached hydrogen (secondary N) is 3. The summed E-state index contributed by atoms with van der Waals surface area (Å²) in [5.74, 6) is -0.347. The van der Waals surface area contributed by atoms with Crippen LogP contribution in [0.1, 0.15) is 11.1 Å². The van der Waals surface area contributed by atoms with Gasteiger partial charge >= 0.3 is 6.03 Å². The molecule has 0 radical (unpaired) electrons. The van der Waals surface area contributed by atoms with Gasteiger partial charge in [0.05, 0.1) is 5.56 Å². The molecule has 0 aliphatic carbocycles. The normalized spacial score (nSPS) is 10.0. The van der Waals surface area contributed by atoms with Gasteiger partial charge in [-0.05, 0) is 17.7 Å². The van der Waals surface area contributed by atoms with Crippen LogP contribution in [0.4, 0.5) is 20.7 Å². The number of rotatable bonds is 4. The van der Waals surface area contributed by atoms with Crippen LogP contribution in [0, 0.1) is 11.2 Å². The van der Waals surface area contributed by atoms with Crippen LogP contribution in [0.15, 0.2) is 36.5 Å². The number of pyridine rings is 1.